The Morgan fingerprint density at radius 1 is 1.13 bits per heavy atom. The summed E-state index contributed by atoms with van der Waals surface area (Å²) in [4.78, 5) is 29.5. The van der Waals surface area contributed by atoms with Crippen LogP contribution in [0.2, 0.25) is 0 Å². The highest BCUT2D eigenvalue weighted by molar-refractivity contribution is 7.21. The van der Waals surface area contributed by atoms with Gasteiger partial charge in [0.15, 0.2) is 0 Å². The molecule has 0 unspecified atom stereocenters. The van der Waals surface area contributed by atoms with Crippen molar-refractivity contribution in [2.75, 3.05) is 33.2 Å². The van der Waals surface area contributed by atoms with Gasteiger partial charge in [0, 0.05) is 31.6 Å². The molecule has 4 rings (SSSR count). The third kappa shape index (κ3) is 2.44. The third-order valence-electron chi connectivity index (χ3n) is 4.29. The molecule has 1 fully saturated rings. The lowest BCUT2D eigenvalue weighted by Gasteiger charge is -2.32. The van der Waals surface area contributed by atoms with Gasteiger partial charge in [0.05, 0.1) is 15.0 Å². The van der Waals surface area contributed by atoms with Crippen molar-refractivity contribution < 1.29 is 9.21 Å². The summed E-state index contributed by atoms with van der Waals surface area (Å²) in [6.07, 6.45) is 0. The molecular weight excluding hydrogens is 312 g/mol. The van der Waals surface area contributed by atoms with E-state index in [2.05, 4.69) is 11.9 Å². The average molecular weight is 328 g/mol. The standard InChI is InChI=1S/C17H16N2O3S/c1-18-6-8-19(9-7-18)16(20)14-10-12-15(23-14)11-4-2-3-5-13(11)22-17(12)21/h2-5,10H,6-9H2,1H3. The fourth-order valence-electron chi connectivity index (χ4n) is 2.91. The Morgan fingerprint density at radius 2 is 1.87 bits per heavy atom. The van der Waals surface area contributed by atoms with Crippen molar-refractivity contribution >= 4 is 38.3 Å². The summed E-state index contributed by atoms with van der Waals surface area (Å²) >= 11 is 1.38. The fraction of sp³-hybridized carbons (Fsp3) is 0.294. The predicted molar refractivity (Wildman–Crippen MR) is 91.3 cm³/mol. The van der Waals surface area contributed by atoms with E-state index in [1.54, 1.807) is 12.1 Å². The maximum absolute atomic E-state index is 12.7. The van der Waals surface area contributed by atoms with Gasteiger partial charge in [-0.25, -0.2) is 4.79 Å². The van der Waals surface area contributed by atoms with Crippen molar-refractivity contribution in [2.24, 2.45) is 0 Å². The number of nitrogens with zero attached hydrogens (tertiary/aromatic N) is 2. The molecule has 5 nitrogen and oxygen atoms in total. The Balaban J connectivity index is 1.80. The first-order valence-corrected chi connectivity index (χ1v) is 8.38. The number of hydrogen-bond acceptors (Lipinski definition) is 5. The van der Waals surface area contributed by atoms with Crippen LogP contribution in [-0.4, -0.2) is 48.9 Å². The van der Waals surface area contributed by atoms with E-state index < -0.39 is 0 Å². The number of para-hydroxylation sites is 1. The fourth-order valence-corrected chi connectivity index (χ4v) is 4.06. The van der Waals surface area contributed by atoms with Gasteiger partial charge in [0.2, 0.25) is 0 Å². The Bertz CT molecular complexity index is 951. The Hall–Kier alpha value is -2.18. The lowest BCUT2D eigenvalue weighted by atomic mass is 10.2. The molecule has 1 saturated heterocycles. The molecule has 0 atom stereocenters. The van der Waals surface area contributed by atoms with Gasteiger partial charge in [0.1, 0.15) is 5.58 Å². The molecular formula is C17H16N2O3S. The van der Waals surface area contributed by atoms with Gasteiger partial charge in [-0.15, -0.1) is 11.3 Å². The number of benzene rings is 1. The lowest BCUT2D eigenvalue weighted by molar-refractivity contribution is 0.0669. The second kappa shape index (κ2) is 5.47. The van der Waals surface area contributed by atoms with Crippen LogP contribution in [0, 0.1) is 0 Å². The van der Waals surface area contributed by atoms with Crippen molar-refractivity contribution in [3.05, 3.63) is 45.6 Å². The van der Waals surface area contributed by atoms with Crippen molar-refractivity contribution in [3.8, 4) is 0 Å². The molecule has 0 spiro atoms. The van der Waals surface area contributed by atoms with Crippen LogP contribution in [0.1, 0.15) is 9.67 Å². The molecule has 1 aromatic carbocycles. The quantitative estimate of drug-likeness (QED) is 0.644. The summed E-state index contributed by atoms with van der Waals surface area (Å²) < 4.78 is 6.18. The van der Waals surface area contributed by atoms with Gasteiger partial charge in [0.25, 0.3) is 5.91 Å². The molecule has 3 aromatic rings. The third-order valence-corrected chi connectivity index (χ3v) is 5.44. The number of thiophene rings is 1. The maximum Gasteiger partial charge on any atom is 0.345 e. The molecule has 2 aromatic heterocycles. The van der Waals surface area contributed by atoms with E-state index in [9.17, 15) is 9.59 Å². The van der Waals surface area contributed by atoms with Crippen LogP contribution in [0.25, 0.3) is 21.1 Å². The minimum Gasteiger partial charge on any atom is -0.422 e. The molecule has 118 valence electrons. The van der Waals surface area contributed by atoms with E-state index in [0.717, 1.165) is 36.3 Å². The number of amides is 1. The number of likely N-dealkylation sites (N-methyl/N-ethyl adjacent to an activating group) is 1. The zero-order chi connectivity index (χ0) is 16.0. The maximum atomic E-state index is 12.7. The summed E-state index contributed by atoms with van der Waals surface area (Å²) in [5.74, 6) is 0.00258. The van der Waals surface area contributed by atoms with Gasteiger partial charge < -0.3 is 14.2 Å². The molecule has 1 aliphatic rings. The minimum atomic E-state index is -0.382. The number of fused-ring (bicyclic) bond motifs is 3. The highest BCUT2D eigenvalue weighted by atomic mass is 32.1. The zero-order valence-electron chi connectivity index (χ0n) is 12.7. The molecule has 6 heteroatoms. The molecule has 1 amide bonds. The van der Waals surface area contributed by atoms with Gasteiger partial charge in [-0.1, -0.05) is 12.1 Å². The van der Waals surface area contributed by atoms with E-state index in [1.165, 1.54) is 11.3 Å². The normalized spacial score (nSPS) is 16.3. The lowest BCUT2D eigenvalue weighted by Crippen LogP contribution is -2.46. The molecule has 0 saturated carbocycles. The Labute approximate surface area is 136 Å². The first-order valence-electron chi connectivity index (χ1n) is 7.57. The van der Waals surface area contributed by atoms with Crippen LogP contribution in [0.4, 0.5) is 0 Å². The number of carbonyl (C=O) groups excluding carboxylic acids is 1. The number of piperazine rings is 1. The summed E-state index contributed by atoms with van der Waals surface area (Å²) in [6, 6.07) is 9.11. The SMILES string of the molecule is CN1CCN(C(=O)c2cc3c(=O)oc4ccccc4c3s2)CC1. The van der Waals surface area contributed by atoms with Gasteiger partial charge in [-0.3, -0.25) is 4.79 Å². The van der Waals surface area contributed by atoms with Gasteiger partial charge >= 0.3 is 5.63 Å². The minimum absolute atomic E-state index is 0.00258. The zero-order valence-corrected chi connectivity index (χ0v) is 13.6. The summed E-state index contributed by atoms with van der Waals surface area (Å²) in [6.45, 7) is 3.20. The molecule has 0 N–H and O–H groups in total. The number of rotatable bonds is 1. The summed E-state index contributed by atoms with van der Waals surface area (Å²) in [5, 5.41) is 1.37. The van der Waals surface area contributed by atoms with Crippen molar-refractivity contribution in [3.63, 3.8) is 0 Å². The van der Waals surface area contributed by atoms with Crippen LogP contribution in [-0.2, 0) is 0 Å². The second-order valence-electron chi connectivity index (χ2n) is 5.83. The topological polar surface area (TPSA) is 53.8 Å². The monoisotopic (exact) mass is 328 g/mol. The van der Waals surface area contributed by atoms with E-state index in [1.807, 2.05) is 23.1 Å². The highest BCUT2D eigenvalue weighted by Crippen LogP contribution is 2.31. The van der Waals surface area contributed by atoms with Crippen LogP contribution >= 0.6 is 11.3 Å². The first kappa shape index (κ1) is 14.4. The number of hydrogen-bond donors (Lipinski definition) is 0. The van der Waals surface area contributed by atoms with Crippen molar-refractivity contribution in [2.45, 2.75) is 0 Å². The molecule has 0 aliphatic carbocycles. The van der Waals surface area contributed by atoms with Crippen LogP contribution in [0.15, 0.2) is 39.5 Å². The van der Waals surface area contributed by atoms with Crippen LogP contribution < -0.4 is 5.63 Å². The van der Waals surface area contributed by atoms with Crippen molar-refractivity contribution in [1.82, 2.24) is 9.80 Å². The second-order valence-corrected chi connectivity index (χ2v) is 6.89. The largest absolute Gasteiger partial charge is 0.422 e. The molecule has 23 heavy (non-hydrogen) atoms. The highest BCUT2D eigenvalue weighted by Gasteiger charge is 2.23. The van der Waals surface area contributed by atoms with Gasteiger partial charge in [-0.05, 0) is 25.2 Å². The Morgan fingerprint density at radius 3 is 2.65 bits per heavy atom. The molecule has 1 aliphatic heterocycles. The predicted octanol–water partition coefficient (Wildman–Crippen LogP) is 2.40. The average Bonchev–Trinajstić information content (AvgIpc) is 3.01. The first-order chi connectivity index (χ1) is 11.1. The van der Waals surface area contributed by atoms with E-state index in [4.69, 9.17) is 4.42 Å². The summed E-state index contributed by atoms with van der Waals surface area (Å²) in [7, 11) is 2.05. The summed E-state index contributed by atoms with van der Waals surface area (Å²) in [5.41, 5.74) is 0.179. The number of carbonyl (C=O) groups is 1. The van der Waals surface area contributed by atoms with Gasteiger partial charge in [-0.2, -0.15) is 0 Å². The van der Waals surface area contributed by atoms with Crippen LogP contribution in [0.5, 0.6) is 0 Å². The van der Waals surface area contributed by atoms with E-state index in [0.29, 0.717) is 15.8 Å². The molecule has 3 heterocycles. The smallest absolute Gasteiger partial charge is 0.345 e. The Kier molecular flexibility index (Phi) is 3.43. The van der Waals surface area contributed by atoms with E-state index in [-0.39, 0.29) is 11.5 Å². The molecule has 0 radical (unpaired) electrons. The van der Waals surface area contributed by atoms with Crippen LogP contribution in [0.3, 0.4) is 0 Å². The van der Waals surface area contributed by atoms with Crippen molar-refractivity contribution in [1.29, 1.82) is 0 Å². The van der Waals surface area contributed by atoms with E-state index >= 15 is 0 Å². The molecule has 0 bridgehead atoms.